The number of rotatable bonds is 1. The lowest BCUT2D eigenvalue weighted by atomic mass is 10.1. The molecule has 0 unspecified atom stereocenters. The highest BCUT2D eigenvalue weighted by atomic mass is 19.1. The number of carbonyl (C=O) groups is 1. The molecular formula is C14H18FN3O2. The van der Waals surface area contributed by atoms with Gasteiger partial charge in [-0.15, -0.1) is 0 Å². The zero-order chi connectivity index (χ0) is 14.8. The minimum atomic E-state index is -0.499. The molecule has 1 aliphatic rings. The van der Waals surface area contributed by atoms with E-state index in [1.54, 1.807) is 4.90 Å². The summed E-state index contributed by atoms with van der Waals surface area (Å²) < 4.78 is 18.1. The van der Waals surface area contributed by atoms with Crippen LogP contribution in [0.1, 0.15) is 33.0 Å². The molecule has 2 rings (SSSR count). The van der Waals surface area contributed by atoms with Crippen LogP contribution in [0.4, 0.5) is 9.18 Å². The Morgan fingerprint density at radius 2 is 2.00 bits per heavy atom. The minimum Gasteiger partial charge on any atom is -0.444 e. The predicted octanol–water partition coefficient (Wildman–Crippen LogP) is 2.64. The quantitative estimate of drug-likeness (QED) is 0.793. The van der Waals surface area contributed by atoms with Gasteiger partial charge in [0.25, 0.3) is 0 Å². The Hall–Kier alpha value is -1.98. The molecule has 6 heteroatoms. The molecule has 0 spiro atoms. The SMILES string of the molecule is CC(C)(C)OC(=O)N1CC=C(c2ncc(F)cn2)CC1. The Labute approximate surface area is 117 Å². The number of hydrogen-bond acceptors (Lipinski definition) is 4. The fraction of sp³-hybridized carbons (Fsp3) is 0.500. The Balaban J connectivity index is 2.00. The molecular weight excluding hydrogens is 261 g/mol. The van der Waals surface area contributed by atoms with Gasteiger partial charge in [-0.25, -0.2) is 19.2 Å². The van der Waals surface area contributed by atoms with E-state index < -0.39 is 11.4 Å². The number of amides is 1. The van der Waals surface area contributed by atoms with E-state index in [-0.39, 0.29) is 6.09 Å². The summed E-state index contributed by atoms with van der Waals surface area (Å²) in [5, 5.41) is 0. The largest absolute Gasteiger partial charge is 0.444 e. The van der Waals surface area contributed by atoms with Crippen molar-refractivity contribution in [1.29, 1.82) is 0 Å². The Morgan fingerprint density at radius 1 is 1.35 bits per heavy atom. The highest BCUT2D eigenvalue weighted by Gasteiger charge is 2.24. The summed E-state index contributed by atoms with van der Waals surface area (Å²) in [6.07, 6.45) is 4.46. The third-order valence-electron chi connectivity index (χ3n) is 2.77. The van der Waals surface area contributed by atoms with Crippen LogP contribution in [0.25, 0.3) is 5.57 Å². The first-order chi connectivity index (χ1) is 9.35. The molecule has 0 fully saturated rings. The first-order valence-electron chi connectivity index (χ1n) is 6.50. The fourth-order valence-electron chi connectivity index (χ4n) is 1.84. The Kier molecular flexibility index (Phi) is 4.01. The van der Waals surface area contributed by atoms with Crippen molar-refractivity contribution in [3.63, 3.8) is 0 Å². The summed E-state index contributed by atoms with van der Waals surface area (Å²) in [6, 6.07) is 0. The maximum Gasteiger partial charge on any atom is 0.410 e. The molecule has 1 aromatic heterocycles. The summed E-state index contributed by atoms with van der Waals surface area (Å²) in [5.41, 5.74) is 0.422. The molecule has 5 nitrogen and oxygen atoms in total. The van der Waals surface area contributed by atoms with Gasteiger partial charge in [-0.3, -0.25) is 0 Å². The molecule has 20 heavy (non-hydrogen) atoms. The Bertz CT molecular complexity index is 520. The van der Waals surface area contributed by atoms with Crippen molar-refractivity contribution >= 4 is 11.7 Å². The third-order valence-corrected chi connectivity index (χ3v) is 2.77. The van der Waals surface area contributed by atoms with Gasteiger partial charge < -0.3 is 9.64 Å². The van der Waals surface area contributed by atoms with Gasteiger partial charge in [0, 0.05) is 13.1 Å². The summed E-state index contributed by atoms with van der Waals surface area (Å²) >= 11 is 0. The number of hydrogen-bond donors (Lipinski definition) is 0. The van der Waals surface area contributed by atoms with E-state index >= 15 is 0 Å². The molecule has 1 amide bonds. The van der Waals surface area contributed by atoms with Crippen molar-refractivity contribution in [2.24, 2.45) is 0 Å². The summed E-state index contributed by atoms with van der Waals surface area (Å²) in [5.74, 6) is 0.0516. The van der Waals surface area contributed by atoms with Crippen LogP contribution in [0.15, 0.2) is 18.5 Å². The van der Waals surface area contributed by atoms with Crippen LogP contribution in [0.5, 0.6) is 0 Å². The zero-order valence-corrected chi connectivity index (χ0v) is 11.9. The maximum atomic E-state index is 12.8. The van der Waals surface area contributed by atoms with E-state index in [0.29, 0.717) is 25.3 Å². The van der Waals surface area contributed by atoms with Crippen molar-refractivity contribution in [2.45, 2.75) is 32.8 Å². The molecule has 0 aromatic carbocycles. The van der Waals surface area contributed by atoms with Crippen molar-refractivity contribution in [1.82, 2.24) is 14.9 Å². The molecule has 0 bridgehead atoms. The highest BCUT2D eigenvalue weighted by molar-refractivity contribution is 5.71. The van der Waals surface area contributed by atoms with Gasteiger partial charge in [0.2, 0.25) is 0 Å². The molecule has 0 saturated carbocycles. The number of ether oxygens (including phenoxy) is 1. The molecule has 0 atom stereocenters. The van der Waals surface area contributed by atoms with E-state index in [2.05, 4.69) is 9.97 Å². The van der Waals surface area contributed by atoms with Gasteiger partial charge in [-0.2, -0.15) is 0 Å². The third kappa shape index (κ3) is 3.76. The second-order valence-corrected chi connectivity index (χ2v) is 5.63. The van der Waals surface area contributed by atoms with Crippen LogP contribution in [0.3, 0.4) is 0 Å². The van der Waals surface area contributed by atoms with Crippen LogP contribution >= 0.6 is 0 Å². The lowest BCUT2D eigenvalue weighted by molar-refractivity contribution is 0.0270. The predicted molar refractivity (Wildman–Crippen MR) is 72.4 cm³/mol. The van der Waals surface area contributed by atoms with Gasteiger partial charge in [0.15, 0.2) is 11.6 Å². The number of halogens is 1. The average molecular weight is 279 g/mol. The monoisotopic (exact) mass is 279 g/mol. The molecule has 1 aliphatic heterocycles. The second-order valence-electron chi connectivity index (χ2n) is 5.63. The van der Waals surface area contributed by atoms with Crippen molar-refractivity contribution in [3.05, 3.63) is 30.1 Å². The van der Waals surface area contributed by atoms with Crippen LogP contribution < -0.4 is 0 Å². The van der Waals surface area contributed by atoms with E-state index in [0.717, 1.165) is 18.0 Å². The smallest absolute Gasteiger partial charge is 0.410 e. The first kappa shape index (κ1) is 14.4. The van der Waals surface area contributed by atoms with E-state index in [1.165, 1.54) is 0 Å². The van der Waals surface area contributed by atoms with E-state index in [9.17, 15) is 9.18 Å². The maximum absolute atomic E-state index is 12.8. The first-order valence-corrected chi connectivity index (χ1v) is 6.50. The van der Waals surface area contributed by atoms with Crippen molar-refractivity contribution in [3.8, 4) is 0 Å². The van der Waals surface area contributed by atoms with Gasteiger partial charge in [0.1, 0.15) is 5.60 Å². The topological polar surface area (TPSA) is 55.3 Å². The lowest BCUT2D eigenvalue weighted by Gasteiger charge is -2.29. The Morgan fingerprint density at radius 3 is 2.50 bits per heavy atom. The van der Waals surface area contributed by atoms with Gasteiger partial charge in [-0.1, -0.05) is 6.08 Å². The van der Waals surface area contributed by atoms with Gasteiger partial charge in [-0.05, 0) is 32.8 Å². The molecule has 1 aromatic rings. The van der Waals surface area contributed by atoms with Crippen LogP contribution in [0, 0.1) is 5.82 Å². The normalized spacial score (nSPS) is 15.8. The molecule has 2 heterocycles. The van der Waals surface area contributed by atoms with E-state index in [1.807, 2.05) is 26.8 Å². The number of aromatic nitrogens is 2. The molecule has 108 valence electrons. The molecule has 0 radical (unpaired) electrons. The standard InChI is InChI=1S/C14H18FN3O2/c1-14(2,3)20-13(19)18-6-4-10(5-7-18)12-16-8-11(15)9-17-12/h4,8-9H,5-7H2,1-3H3. The summed E-state index contributed by atoms with van der Waals surface area (Å²) in [7, 11) is 0. The summed E-state index contributed by atoms with van der Waals surface area (Å²) in [4.78, 5) is 21.4. The second kappa shape index (κ2) is 5.56. The van der Waals surface area contributed by atoms with Gasteiger partial charge >= 0.3 is 6.09 Å². The van der Waals surface area contributed by atoms with Crippen LogP contribution in [-0.4, -0.2) is 39.7 Å². The average Bonchev–Trinajstić information content (AvgIpc) is 2.38. The fourth-order valence-corrected chi connectivity index (χ4v) is 1.84. The lowest BCUT2D eigenvalue weighted by Crippen LogP contribution is -2.39. The summed E-state index contributed by atoms with van der Waals surface area (Å²) in [6.45, 7) is 6.50. The van der Waals surface area contributed by atoms with E-state index in [4.69, 9.17) is 4.74 Å². The highest BCUT2D eigenvalue weighted by Crippen LogP contribution is 2.20. The van der Waals surface area contributed by atoms with Crippen molar-refractivity contribution < 1.29 is 13.9 Å². The molecule has 0 saturated heterocycles. The van der Waals surface area contributed by atoms with Crippen LogP contribution in [0.2, 0.25) is 0 Å². The van der Waals surface area contributed by atoms with Gasteiger partial charge in [0.05, 0.1) is 12.4 Å². The minimum absolute atomic E-state index is 0.326. The number of nitrogens with zero attached hydrogens (tertiary/aromatic N) is 3. The molecule has 0 aliphatic carbocycles. The molecule has 0 N–H and O–H groups in total. The van der Waals surface area contributed by atoms with Crippen LogP contribution in [-0.2, 0) is 4.74 Å². The van der Waals surface area contributed by atoms with Crippen molar-refractivity contribution in [2.75, 3.05) is 13.1 Å². The number of carbonyl (C=O) groups excluding carboxylic acids is 1. The zero-order valence-electron chi connectivity index (χ0n) is 11.9.